The molecule has 1 aromatic heterocycles. The molecule has 0 N–H and O–H groups in total. The summed E-state index contributed by atoms with van der Waals surface area (Å²) in [6, 6.07) is 6.02. The van der Waals surface area contributed by atoms with Crippen molar-refractivity contribution in [3.05, 3.63) is 34.1 Å². The molecule has 0 aliphatic carbocycles. The van der Waals surface area contributed by atoms with Crippen LogP contribution in [0.1, 0.15) is 18.3 Å². The van der Waals surface area contributed by atoms with Crippen LogP contribution in [0.2, 0.25) is 0 Å². The van der Waals surface area contributed by atoms with Gasteiger partial charge >= 0.3 is 0 Å². The average molecular weight is 342 g/mol. The quantitative estimate of drug-likeness (QED) is 0.772. The molecule has 0 atom stereocenters. The smallest absolute Gasteiger partial charge is 0.144 e. The van der Waals surface area contributed by atoms with Crippen LogP contribution in [0.25, 0.3) is 11.4 Å². The lowest BCUT2D eigenvalue weighted by Gasteiger charge is -2.06. The minimum absolute atomic E-state index is 0.486. The zero-order valence-corrected chi connectivity index (χ0v) is 13.0. The molecular weight excluding hydrogens is 328 g/mol. The molecule has 0 amide bonds. The van der Waals surface area contributed by atoms with Crippen molar-refractivity contribution in [2.75, 3.05) is 6.61 Å². The first-order valence-electron chi connectivity index (χ1n) is 6.31. The Morgan fingerprint density at radius 3 is 3.05 bits per heavy atom. The number of hydrogen-bond donors (Lipinski definition) is 0. The summed E-state index contributed by atoms with van der Waals surface area (Å²) >= 11 is 9.60. The minimum Gasteiger partial charge on any atom is -0.491 e. The van der Waals surface area contributed by atoms with Crippen molar-refractivity contribution < 1.29 is 4.74 Å². The van der Waals surface area contributed by atoms with Crippen LogP contribution in [-0.2, 0) is 18.8 Å². The third-order valence-electron chi connectivity index (χ3n) is 3.37. The molecule has 2 aromatic rings. The molecule has 0 unspecified atom stereocenters. The Hall–Kier alpha value is -1.000. The molecule has 0 radical (unpaired) electrons. The summed E-state index contributed by atoms with van der Waals surface area (Å²) in [5.74, 6) is 2.33. The maximum absolute atomic E-state index is 6.09. The topological polar surface area (TPSA) is 27.1 Å². The number of fused-ring (bicyclic) bond motifs is 3. The number of alkyl halides is 1. The largest absolute Gasteiger partial charge is 0.491 e. The molecular formula is C14H14BrClN2O. The number of imidazole rings is 1. The Morgan fingerprint density at radius 1 is 1.47 bits per heavy atom. The standard InChI is InChI=1S/C14H14BrClN2O/c1-2-11-12(8-16)18-5-6-19-13-4-3-9(15)7-10(13)14(18)17-11/h3-4,7H,2,5-6,8H2,1H3. The van der Waals surface area contributed by atoms with Gasteiger partial charge in [0.15, 0.2) is 0 Å². The summed E-state index contributed by atoms with van der Waals surface area (Å²) in [6.07, 6.45) is 0.895. The first-order chi connectivity index (χ1) is 9.24. The molecule has 0 saturated carbocycles. The van der Waals surface area contributed by atoms with Gasteiger partial charge < -0.3 is 9.30 Å². The second-order valence-corrected chi connectivity index (χ2v) is 5.64. The molecule has 3 rings (SSSR count). The van der Waals surface area contributed by atoms with Crippen LogP contribution in [0, 0.1) is 0 Å². The van der Waals surface area contributed by atoms with Gasteiger partial charge in [0.25, 0.3) is 0 Å². The molecule has 2 heterocycles. The number of hydrogen-bond acceptors (Lipinski definition) is 2. The SMILES string of the molecule is CCc1nc2n(c1CCl)CCOc1ccc(Br)cc1-2. The molecule has 0 saturated heterocycles. The van der Waals surface area contributed by atoms with E-state index in [1.165, 1.54) is 0 Å². The Bertz CT molecular complexity index is 624. The van der Waals surface area contributed by atoms with E-state index in [0.29, 0.717) is 12.5 Å². The van der Waals surface area contributed by atoms with Crippen LogP contribution in [0.15, 0.2) is 22.7 Å². The second-order valence-electron chi connectivity index (χ2n) is 4.46. The molecule has 0 bridgehead atoms. The number of rotatable bonds is 2. The van der Waals surface area contributed by atoms with Gasteiger partial charge in [-0.3, -0.25) is 0 Å². The summed E-state index contributed by atoms with van der Waals surface area (Å²) in [4.78, 5) is 4.76. The molecule has 3 nitrogen and oxygen atoms in total. The van der Waals surface area contributed by atoms with E-state index in [0.717, 1.165) is 46.0 Å². The van der Waals surface area contributed by atoms with Gasteiger partial charge in [-0.05, 0) is 24.6 Å². The van der Waals surface area contributed by atoms with Gasteiger partial charge in [0, 0.05) is 4.47 Å². The Labute approximate surface area is 125 Å². The minimum atomic E-state index is 0.486. The van der Waals surface area contributed by atoms with Crippen molar-refractivity contribution in [1.82, 2.24) is 9.55 Å². The van der Waals surface area contributed by atoms with E-state index in [2.05, 4.69) is 33.5 Å². The zero-order valence-electron chi connectivity index (χ0n) is 10.6. The van der Waals surface area contributed by atoms with Gasteiger partial charge in [-0.1, -0.05) is 22.9 Å². The second kappa shape index (κ2) is 5.17. The fourth-order valence-electron chi connectivity index (χ4n) is 2.46. The summed E-state index contributed by atoms with van der Waals surface area (Å²) in [5, 5.41) is 0. The molecule has 1 aromatic carbocycles. The number of ether oxygens (including phenoxy) is 1. The Kier molecular flexibility index (Phi) is 3.54. The maximum atomic E-state index is 6.09. The summed E-state index contributed by atoms with van der Waals surface area (Å²) in [7, 11) is 0. The maximum Gasteiger partial charge on any atom is 0.144 e. The van der Waals surface area contributed by atoms with Gasteiger partial charge in [0.2, 0.25) is 0 Å². The zero-order chi connectivity index (χ0) is 13.4. The van der Waals surface area contributed by atoms with Crippen LogP contribution in [0.5, 0.6) is 5.75 Å². The molecule has 1 aliphatic rings. The van der Waals surface area contributed by atoms with E-state index < -0.39 is 0 Å². The lowest BCUT2D eigenvalue weighted by atomic mass is 10.2. The van der Waals surface area contributed by atoms with E-state index in [4.69, 9.17) is 21.3 Å². The van der Waals surface area contributed by atoms with Crippen molar-refractivity contribution in [2.45, 2.75) is 25.8 Å². The monoisotopic (exact) mass is 340 g/mol. The predicted molar refractivity (Wildman–Crippen MR) is 79.8 cm³/mol. The summed E-state index contributed by atoms with van der Waals surface area (Å²) < 4.78 is 9.00. The normalized spacial score (nSPS) is 13.4. The van der Waals surface area contributed by atoms with E-state index in [9.17, 15) is 0 Å². The highest BCUT2D eigenvalue weighted by Crippen LogP contribution is 2.35. The third kappa shape index (κ3) is 2.17. The van der Waals surface area contributed by atoms with Crippen molar-refractivity contribution in [3.8, 4) is 17.1 Å². The van der Waals surface area contributed by atoms with Crippen molar-refractivity contribution in [3.63, 3.8) is 0 Å². The first kappa shape index (κ1) is 13.0. The number of halogens is 2. The number of aromatic nitrogens is 2. The third-order valence-corrected chi connectivity index (χ3v) is 4.12. The summed E-state index contributed by atoms with van der Waals surface area (Å²) in [5.41, 5.74) is 3.21. The van der Waals surface area contributed by atoms with Crippen molar-refractivity contribution in [2.24, 2.45) is 0 Å². The van der Waals surface area contributed by atoms with Crippen LogP contribution < -0.4 is 4.74 Å². The fraction of sp³-hybridized carbons (Fsp3) is 0.357. The fourth-order valence-corrected chi connectivity index (χ4v) is 3.12. The van der Waals surface area contributed by atoms with Gasteiger partial charge in [0.05, 0.1) is 29.4 Å². The molecule has 1 aliphatic heterocycles. The van der Waals surface area contributed by atoms with Crippen LogP contribution in [-0.4, -0.2) is 16.2 Å². The highest BCUT2D eigenvalue weighted by molar-refractivity contribution is 9.10. The lowest BCUT2D eigenvalue weighted by molar-refractivity contribution is 0.305. The first-order valence-corrected chi connectivity index (χ1v) is 7.64. The number of aryl methyl sites for hydroxylation is 1. The van der Waals surface area contributed by atoms with Gasteiger partial charge in [0.1, 0.15) is 18.2 Å². The van der Waals surface area contributed by atoms with E-state index in [-0.39, 0.29) is 0 Å². The van der Waals surface area contributed by atoms with Gasteiger partial charge in [-0.15, -0.1) is 11.6 Å². The van der Waals surface area contributed by atoms with Crippen molar-refractivity contribution in [1.29, 1.82) is 0 Å². The molecule has 19 heavy (non-hydrogen) atoms. The molecule has 100 valence electrons. The molecule has 0 spiro atoms. The van der Waals surface area contributed by atoms with E-state index in [1.54, 1.807) is 0 Å². The summed E-state index contributed by atoms with van der Waals surface area (Å²) in [6.45, 7) is 3.54. The van der Waals surface area contributed by atoms with Crippen molar-refractivity contribution >= 4 is 27.5 Å². The Morgan fingerprint density at radius 2 is 2.32 bits per heavy atom. The van der Waals surface area contributed by atoms with E-state index >= 15 is 0 Å². The molecule has 0 fully saturated rings. The predicted octanol–water partition coefficient (Wildman–Crippen LogP) is 4.01. The molecule has 5 heteroatoms. The highest BCUT2D eigenvalue weighted by atomic mass is 79.9. The van der Waals surface area contributed by atoms with E-state index in [1.807, 2.05) is 12.1 Å². The average Bonchev–Trinajstić information content (AvgIpc) is 2.69. The van der Waals surface area contributed by atoms with Gasteiger partial charge in [-0.2, -0.15) is 0 Å². The van der Waals surface area contributed by atoms with Crippen LogP contribution in [0.4, 0.5) is 0 Å². The van der Waals surface area contributed by atoms with Gasteiger partial charge in [-0.25, -0.2) is 4.98 Å². The number of benzene rings is 1. The highest BCUT2D eigenvalue weighted by Gasteiger charge is 2.22. The van der Waals surface area contributed by atoms with Crippen LogP contribution in [0.3, 0.4) is 0 Å². The Balaban J connectivity index is 2.25. The lowest BCUT2D eigenvalue weighted by Crippen LogP contribution is -2.08. The van der Waals surface area contributed by atoms with Crippen LogP contribution >= 0.6 is 27.5 Å². The number of nitrogens with zero attached hydrogens (tertiary/aromatic N) is 2.